The molecule has 1 saturated heterocycles. The van der Waals surface area contributed by atoms with Crippen LogP contribution in [0.15, 0.2) is 48.5 Å². The second kappa shape index (κ2) is 8.12. The van der Waals surface area contributed by atoms with Gasteiger partial charge in [0.1, 0.15) is 5.82 Å². The Kier molecular flexibility index (Phi) is 5.83. The summed E-state index contributed by atoms with van der Waals surface area (Å²) in [6.45, 7) is 9.04. The van der Waals surface area contributed by atoms with Crippen molar-refractivity contribution >= 4 is 11.6 Å². The lowest BCUT2D eigenvalue weighted by Crippen LogP contribution is -2.36. The van der Waals surface area contributed by atoms with E-state index in [-0.39, 0.29) is 17.1 Å². The van der Waals surface area contributed by atoms with Gasteiger partial charge in [0.05, 0.1) is 0 Å². The zero-order valence-corrected chi connectivity index (χ0v) is 16.5. The molecule has 144 valence electrons. The molecule has 0 unspecified atom stereocenters. The Bertz CT molecular complexity index is 760. The van der Waals surface area contributed by atoms with Crippen LogP contribution in [0.2, 0.25) is 0 Å². The first-order valence-electron chi connectivity index (χ1n) is 9.74. The summed E-state index contributed by atoms with van der Waals surface area (Å²) in [5.74, 6) is 0.474. The van der Waals surface area contributed by atoms with E-state index in [0.29, 0.717) is 12.1 Å². The van der Waals surface area contributed by atoms with Gasteiger partial charge in [0.15, 0.2) is 0 Å². The van der Waals surface area contributed by atoms with Gasteiger partial charge < -0.3 is 10.2 Å². The standard InChI is InChI=1S/C23H29FN2O/c1-17-12-14-26(15-13-17)21-10-4-18(5-11-21)22(27)25-16-23(2,3)19-6-8-20(24)9-7-19/h4-11,17H,12-16H2,1-3H3,(H,25,27). The van der Waals surface area contributed by atoms with Crippen LogP contribution >= 0.6 is 0 Å². The normalized spacial score (nSPS) is 15.6. The van der Waals surface area contributed by atoms with Gasteiger partial charge in [-0.05, 0) is 60.7 Å². The van der Waals surface area contributed by atoms with Gasteiger partial charge in [-0.3, -0.25) is 4.79 Å². The van der Waals surface area contributed by atoms with Gasteiger partial charge in [0, 0.05) is 36.3 Å². The van der Waals surface area contributed by atoms with E-state index in [9.17, 15) is 9.18 Å². The van der Waals surface area contributed by atoms with Gasteiger partial charge in [-0.25, -0.2) is 4.39 Å². The Morgan fingerprint density at radius 2 is 1.67 bits per heavy atom. The number of rotatable bonds is 5. The highest BCUT2D eigenvalue weighted by molar-refractivity contribution is 5.94. The lowest BCUT2D eigenvalue weighted by atomic mass is 9.84. The predicted molar refractivity (Wildman–Crippen MR) is 109 cm³/mol. The van der Waals surface area contributed by atoms with E-state index < -0.39 is 0 Å². The number of amides is 1. The molecule has 3 rings (SSSR count). The summed E-state index contributed by atoms with van der Waals surface area (Å²) in [5, 5.41) is 3.01. The van der Waals surface area contributed by atoms with Crippen molar-refractivity contribution in [2.75, 3.05) is 24.5 Å². The molecule has 0 aromatic heterocycles. The van der Waals surface area contributed by atoms with Gasteiger partial charge in [0.2, 0.25) is 0 Å². The Hall–Kier alpha value is -2.36. The van der Waals surface area contributed by atoms with E-state index in [1.807, 2.05) is 38.1 Å². The molecule has 2 aromatic carbocycles. The number of nitrogens with one attached hydrogen (secondary N) is 1. The molecule has 1 amide bonds. The third-order valence-electron chi connectivity index (χ3n) is 5.59. The zero-order chi connectivity index (χ0) is 19.4. The smallest absolute Gasteiger partial charge is 0.251 e. The Morgan fingerprint density at radius 3 is 2.26 bits per heavy atom. The van der Waals surface area contributed by atoms with Crippen LogP contribution in [0.1, 0.15) is 49.5 Å². The molecular weight excluding hydrogens is 339 g/mol. The van der Waals surface area contributed by atoms with Crippen molar-refractivity contribution in [3.05, 3.63) is 65.5 Å². The fourth-order valence-corrected chi connectivity index (χ4v) is 3.50. The first-order valence-corrected chi connectivity index (χ1v) is 9.74. The first kappa shape index (κ1) is 19.4. The topological polar surface area (TPSA) is 32.3 Å². The summed E-state index contributed by atoms with van der Waals surface area (Å²) in [6.07, 6.45) is 2.45. The lowest BCUT2D eigenvalue weighted by molar-refractivity contribution is 0.0945. The van der Waals surface area contributed by atoms with Gasteiger partial charge in [0.25, 0.3) is 5.91 Å². The lowest BCUT2D eigenvalue weighted by Gasteiger charge is -2.32. The van der Waals surface area contributed by atoms with Crippen LogP contribution in [-0.2, 0) is 5.41 Å². The fraction of sp³-hybridized carbons (Fsp3) is 0.435. The first-order chi connectivity index (χ1) is 12.8. The van der Waals surface area contributed by atoms with Crippen LogP contribution in [0.25, 0.3) is 0 Å². The number of anilines is 1. The number of halogens is 1. The van der Waals surface area contributed by atoms with Gasteiger partial charge in [-0.1, -0.05) is 32.9 Å². The number of carbonyl (C=O) groups is 1. The van der Waals surface area contributed by atoms with Gasteiger partial charge in [-0.2, -0.15) is 0 Å². The van der Waals surface area contributed by atoms with Crippen molar-refractivity contribution in [1.29, 1.82) is 0 Å². The highest BCUT2D eigenvalue weighted by Gasteiger charge is 2.22. The van der Waals surface area contributed by atoms with E-state index in [1.165, 1.54) is 30.7 Å². The number of hydrogen-bond acceptors (Lipinski definition) is 2. The molecule has 27 heavy (non-hydrogen) atoms. The largest absolute Gasteiger partial charge is 0.372 e. The van der Waals surface area contributed by atoms with E-state index in [4.69, 9.17) is 0 Å². The highest BCUT2D eigenvalue weighted by atomic mass is 19.1. The predicted octanol–water partition coefficient (Wildman–Crippen LogP) is 4.77. The molecule has 0 aliphatic carbocycles. The molecule has 4 heteroatoms. The quantitative estimate of drug-likeness (QED) is 0.824. The zero-order valence-electron chi connectivity index (χ0n) is 16.5. The van der Waals surface area contributed by atoms with Crippen molar-refractivity contribution in [3.63, 3.8) is 0 Å². The number of piperidine rings is 1. The van der Waals surface area contributed by atoms with Crippen LogP contribution in [0.4, 0.5) is 10.1 Å². The van der Waals surface area contributed by atoms with Crippen LogP contribution in [-0.4, -0.2) is 25.5 Å². The third kappa shape index (κ3) is 4.88. The van der Waals surface area contributed by atoms with Crippen LogP contribution in [0, 0.1) is 11.7 Å². The maximum Gasteiger partial charge on any atom is 0.251 e. The van der Waals surface area contributed by atoms with Crippen molar-refractivity contribution in [2.24, 2.45) is 5.92 Å². The molecule has 1 fully saturated rings. The van der Waals surface area contributed by atoms with Crippen LogP contribution in [0.5, 0.6) is 0 Å². The van der Waals surface area contributed by atoms with Gasteiger partial charge in [-0.15, -0.1) is 0 Å². The van der Waals surface area contributed by atoms with Crippen molar-refractivity contribution in [2.45, 2.75) is 39.0 Å². The maximum atomic E-state index is 13.1. The summed E-state index contributed by atoms with van der Waals surface area (Å²) >= 11 is 0. The minimum Gasteiger partial charge on any atom is -0.372 e. The van der Waals surface area contributed by atoms with Crippen molar-refractivity contribution in [3.8, 4) is 0 Å². The minimum atomic E-state index is -0.270. The fourth-order valence-electron chi connectivity index (χ4n) is 3.50. The summed E-state index contributed by atoms with van der Waals surface area (Å²) in [5.41, 5.74) is 2.58. The van der Waals surface area contributed by atoms with E-state index >= 15 is 0 Å². The molecule has 0 radical (unpaired) electrons. The molecule has 0 spiro atoms. The monoisotopic (exact) mass is 368 g/mol. The molecule has 2 aromatic rings. The Labute approximate surface area is 161 Å². The molecule has 0 saturated carbocycles. The van der Waals surface area contributed by atoms with Crippen LogP contribution in [0.3, 0.4) is 0 Å². The van der Waals surface area contributed by atoms with Crippen molar-refractivity contribution < 1.29 is 9.18 Å². The number of benzene rings is 2. The molecule has 1 N–H and O–H groups in total. The summed E-state index contributed by atoms with van der Waals surface area (Å²) < 4.78 is 13.1. The SMILES string of the molecule is CC1CCN(c2ccc(C(=O)NCC(C)(C)c3ccc(F)cc3)cc2)CC1. The molecule has 1 aliphatic heterocycles. The van der Waals surface area contributed by atoms with Gasteiger partial charge >= 0.3 is 0 Å². The molecule has 1 aliphatic rings. The average Bonchev–Trinajstić information content (AvgIpc) is 2.67. The number of hydrogen-bond donors (Lipinski definition) is 1. The Morgan fingerprint density at radius 1 is 1.07 bits per heavy atom. The second-order valence-corrected chi connectivity index (χ2v) is 8.29. The maximum absolute atomic E-state index is 13.1. The molecular formula is C23H29FN2O. The minimum absolute atomic E-state index is 0.0796. The second-order valence-electron chi connectivity index (χ2n) is 8.29. The molecule has 1 heterocycles. The van der Waals surface area contributed by atoms with Crippen LogP contribution < -0.4 is 10.2 Å². The number of carbonyl (C=O) groups excluding carboxylic acids is 1. The van der Waals surface area contributed by atoms with E-state index in [0.717, 1.165) is 24.6 Å². The van der Waals surface area contributed by atoms with E-state index in [2.05, 4.69) is 17.1 Å². The molecule has 3 nitrogen and oxygen atoms in total. The summed E-state index contributed by atoms with van der Waals surface area (Å²) in [7, 11) is 0. The Balaban J connectivity index is 1.58. The highest BCUT2D eigenvalue weighted by Crippen LogP contribution is 2.24. The van der Waals surface area contributed by atoms with E-state index in [1.54, 1.807) is 12.1 Å². The summed E-state index contributed by atoms with van der Waals surface area (Å²) in [4.78, 5) is 14.9. The molecule has 0 bridgehead atoms. The number of nitrogens with zero attached hydrogens (tertiary/aromatic N) is 1. The molecule has 0 atom stereocenters. The van der Waals surface area contributed by atoms with Crippen molar-refractivity contribution in [1.82, 2.24) is 5.32 Å². The average molecular weight is 368 g/mol. The third-order valence-corrected chi connectivity index (χ3v) is 5.59. The summed E-state index contributed by atoms with van der Waals surface area (Å²) in [6, 6.07) is 14.3.